The van der Waals surface area contributed by atoms with E-state index in [0.29, 0.717) is 6.54 Å². The van der Waals surface area contributed by atoms with Gasteiger partial charge in [0.05, 0.1) is 11.4 Å². The monoisotopic (exact) mass is 260 g/mol. The first-order chi connectivity index (χ1) is 7.88. The summed E-state index contributed by atoms with van der Waals surface area (Å²) in [6.45, 7) is 4.31. The van der Waals surface area contributed by atoms with Crippen LogP contribution in [0.5, 0.6) is 0 Å². The van der Waals surface area contributed by atoms with Crippen LogP contribution in [0.4, 0.5) is 0 Å². The van der Waals surface area contributed by atoms with Gasteiger partial charge in [-0.2, -0.15) is 5.10 Å². The average Bonchev–Trinajstić information content (AvgIpc) is 2.58. The molecule has 0 aromatic carbocycles. The van der Waals surface area contributed by atoms with Gasteiger partial charge in [-0.3, -0.25) is 4.68 Å². The van der Waals surface area contributed by atoms with Gasteiger partial charge >= 0.3 is 0 Å². The van der Waals surface area contributed by atoms with Crippen LogP contribution in [0, 0.1) is 6.92 Å². The molecule has 0 bridgehead atoms. The second-order valence-corrected chi connectivity index (χ2v) is 6.30. The molecule has 7 heteroatoms. The van der Waals surface area contributed by atoms with Gasteiger partial charge in [-0.05, 0) is 20.9 Å². The van der Waals surface area contributed by atoms with Gasteiger partial charge in [0.2, 0.25) is 10.0 Å². The van der Waals surface area contributed by atoms with Crippen molar-refractivity contribution < 1.29 is 8.42 Å². The fourth-order valence-corrected chi connectivity index (χ4v) is 2.46. The highest BCUT2D eigenvalue weighted by Crippen LogP contribution is 2.06. The largest absolute Gasteiger partial charge is 0.318 e. The Balaban J connectivity index is 2.64. The number of nitrogens with one attached hydrogen (secondary N) is 2. The first-order valence-corrected chi connectivity index (χ1v) is 7.03. The van der Waals surface area contributed by atoms with E-state index in [1.165, 1.54) is 0 Å². The van der Waals surface area contributed by atoms with Gasteiger partial charge in [-0.1, -0.05) is 0 Å². The van der Waals surface area contributed by atoms with Crippen LogP contribution in [0.3, 0.4) is 0 Å². The number of rotatable bonds is 6. The van der Waals surface area contributed by atoms with Crippen LogP contribution in [-0.4, -0.2) is 37.0 Å². The van der Waals surface area contributed by atoms with E-state index in [4.69, 9.17) is 0 Å². The number of aryl methyl sites for hydroxylation is 1. The Labute approximate surface area is 102 Å². The minimum absolute atomic E-state index is 0.288. The standard InChI is InChI=1S/C10H20N4O2S/c1-8(5-11-3)17(15,16)13-7-10-6-12-14(4)9(10)2/h6,8,11,13H,5,7H2,1-4H3. The molecule has 0 aliphatic carbocycles. The minimum Gasteiger partial charge on any atom is -0.318 e. The molecule has 0 radical (unpaired) electrons. The quantitative estimate of drug-likeness (QED) is 0.740. The van der Waals surface area contributed by atoms with E-state index in [-0.39, 0.29) is 6.54 Å². The lowest BCUT2D eigenvalue weighted by Crippen LogP contribution is -2.37. The van der Waals surface area contributed by atoms with E-state index in [1.807, 2.05) is 14.0 Å². The molecule has 0 aliphatic rings. The fourth-order valence-electron chi connectivity index (χ4n) is 1.44. The van der Waals surface area contributed by atoms with E-state index in [0.717, 1.165) is 11.3 Å². The van der Waals surface area contributed by atoms with Gasteiger partial charge in [0.25, 0.3) is 0 Å². The number of sulfonamides is 1. The molecule has 1 aromatic rings. The maximum absolute atomic E-state index is 11.8. The summed E-state index contributed by atoms with van der Waals surface area (Å²) in [5, 5.41) is 6.46. The summed E-state index contributed by atoms with van der Waals surface area (Å²) in [5.41, 5.74) is 1.86. The molecule has 2 N–H and O–H groups in total. The predicted octanol–water partition coefficient (Wildman–Crippen LogP) is -0.244. The normalized spacial score (nSPS) is 13.9. The highest BCUT2D eigenvalue weighted by atomic mass is 32.2. The molecule has 17 heavy (non-hydrogen) atoms. The summed E-state index contributed by atoms with van der Waals surface area (Å²) < 4.78 is 28.0. The molecule has 1 atom stereocenters. The topological polar surface area (TPSA) is 76.0 Å². The third-order valence-electron chi connectivity index (χ3n) is 2.82. The third kappa shape index (κ3) is 3.52. The molecular formula is C10H20N4O2S. The van der Waals surface area contributed by atoms with Crippen molar-refractivity contribution in [1.82, 2.24) is 19.8 Å². The van der Waals surface area contributed by atoms with Gasteiger partial charge in [-0.15, -0.1) is 0 Å². The summed E-state index contributed by atoms with van der Waals surface area (Å²) in [4.78, 5) is 0. The Morgan fingerprint density at radius 3 is 2.65 bits per heavy atom. The van der Waals surface area contributed by atoms with Crippen LogP contribution < -0.4 is 10.0 Å². The first kappa shape index (κ1) is 14.1. The summed E-state index contributed by atoms with van der Waals surface area (Å²) in [7, 11) is 0.286. The van der Waals surface area contributed by atoms with Crippen LogP contribution in [0.15, 0.2) is 6.20 Å². The van der Waals surface area contributed by atoms with E-state index in [2.05, 4.69) is 15.1 Å². The molecule has 1 rings (SSSR count). The molecule has 1 heterocycles. The lowest BCUT2D eigenvalue weighted by atomic mass is 10.3. The molecule has 0 aliphatic heterocycles. The van der Waals surface area contributed by atoms with Gasteiger partial charge in [0.15, 0.2) is 0 Å². The summed E-state index contributed by atoms with van der Waals surface area (Å²) in [5.74, 6) is 0. The van der Waals surface area contributed by atoms with E-state index >= 15 is 0 Å². The van der Waals surface area contributed by atoms with Crippen molar-refractivity contribution in [2.75, 3.05) is 13.6 Å². The first-order valence-electron chi connectivity index (χ1n) is 5.49. The van der Waals surface area contributed by atoms with Crippen molar-refractivity contribution in [2.24, 2.45) is 7.05 Å². The molecule has 1 unspecified atom stereocenters. The average molecular weight is 260 g/mol. The number of nitrogens with zero attached hydrogens (tertiary/aromatic N) is 2. The number of hydrogen-bond acceptors (Lipinski definition) is 4. The van der Waals surface area contributed by atoms with Gasteiger partial charge in [0, 0.05) is 31.4 Å². The van der Waals surface area contributed by atoms with Crippen molar-refractivity contribution in [1.29, 1.82) is 0 Å². The van der Waals surface area contributed by atoms with Crippen molar-refractivity contribution in [3.8, 4) is 0 Å². The van der Waals surface area contributed by atoms with E-state index in [9.17, 15) is 8.42 Å². The van der Waals surface area contributed by atoms with Gasteiger partial charge in [-0.25, -0.2) is 13.1 Å². The van der Waals surface area contributed by atoms with Crippen LogP contribution in [0.2, 0.25) is 0 Å². The van der Waals surface area contributed by atoms with Crippen LogP contribution in [-0.2, 0) is 23.6 Å². The number of hydrogen-bond donors (Lipinski definition) is 2. The highest BCUT2D eigenvalue weighted by Gasteiger charge is 2.19. The molecule has 6 nitrogen and oxygen atoms in total. The van der Waals surface area contributed by atoms with Gasteiger partial charge in [0.1, 0.15) is 0 Å². The fraction of sp³-hybridized carbons (Fsp3) is 0.700. The summed E-state index contributed by atoms with van der Waals surface area (Å²) in [6, 6.07) is 0. The van der Waals surface area contributed by atoms with E-state index in [1.54, 1.807) is 24.9 Å². The zero-order valence-electron chi connectivity index (χ0n) is 10.7. The molecule has 0 spiro atoms. The Kier molecular flexibility index (Phi) is 4.67. The Morgan fingerprint density at radius 2 is 2.18 bits per heavy atom. The van der Waals surface area contributed by atoms with Crippen molar-refractivity contribution in [3.63, 3.8) is 0 Å². The minimum atomic E-state index is -3.28. The van der Waals surface area contributed by atoms with Crippen LogP contribution in [0.25, 0.3) is 0 Å². The molecule has 0 saturated carbocycles. The predicted molar refractivity (Wildman–Crippen MR) is 67.1 cm³/mol. The molecule has 98 valence electrons. The van der Waals surface area contributed by atoms with Crippen molar-refractivity contribution in [3.05, 3.63) is 17.5 Å². The lowest BCUT2D eigenvalue weighted by molar-refractivity contribution is 0.563. The Bertz CT molecular complexity index is 467. The SMILES string of the molecule is CNCC(C)S(=O)(=O)NCc1cnn(C)c1C. The number of aromatic nitrogens is 2. The maximum Gasteiger partial charge on any atom is 0.215 e. The lowest BCUT2D eigenvalue weighted by Gasteiger charge is -2.13. The van der Waals surface area contributed by atoms with Crippen LogP contribution >= 0.6 is 0 Å². The second kappa shape index (κ2) is 5.61. The molecule has 0 fully saturated rings. The molecule has 1 aromatic heterocycles. The zero-order valence-corrected chi connectivity index (χ0v) is 11.5. The Hall–Kier alpha value is -0.920. The van der Waals surface area contributed by atoms with Gasteiger partial charge < -0.3 is 5.32 Å². The molecular weight excluding hydrogens is 240 g/mol. The Morgan fingerprint density at radius 1 is 1.53 bits per heavy atom. The highest BCUT2D eigenvalue weighted by molar-refractivity contribution is 7.90. The summed E-state index contributed by atoms with van der Waals surface area (Å²) in [6.07, 6.45) is 1.68. The molecule has 0 amide bonds. The molecule has 0 saturated heterocycles. The van der Waals surface area contributed by atoms with Crippen LogP contribution in [0.1, 0.15) is 18.2 Å². The maximum atomic E-state index is 11.8. The summed E-state index contributed by atoms with van der Waals surface area (Å²) >= 11 is 0. The smallest absolute Gasteiger partial charge is 0.215 e. The van der Waals surface area contributed by atoms with E-state index < -0.39 is 15.3 Å². The zero-order chi connectivity index (χ0) is 13.1. The second-order valence-electron chi connectivity index (χ2n) is 4.11. The van der Waals surface area contributed by atoms with Crippen molar-refractivity contribution >= 4 is 10.0 Å². The third-order valence-corrected chi connectivity index (χ3v) is 4.59. The van der Waals surface area contributed by atoms with Crippen molar-refractivity contribution in [2.45, 2.75) is 25.6 Å².